The second-order valence-electron chi connectivity index (χ2n) is 4.71. The van der Waals surface area contributed by atoms with Gasteiger partial charge in [0.25, 0.3) is 0 Å². The summed E-state index contributed by atoms with van der Waals surface area (Å²) >= 11 is 0. The molecule has 0 aliphatic carbocycles. The second-order valence-corrected chi connectivity index (χ2v) is 4.71. The van der Waals surface area contributed by atoms with E-state index in [4.69, 9.17) is 4.74 Å². The summed E-state index contributed by atoms with van der Waals surface area (Å²) in [6.07, 6.45) is -0.621. The third-order valence-electron chi connectivity index (χ3n) is 2.83. The maximum atomic E-state index is 11.8. The van der Waals surface area contributed by atoms with Crippen molar-refractivity contribution in [3.05, 3.63) is 35.9 Å². The van der Waals surface area contributed by atoms with Crippen LogP contribution >= 0.6 is 0 Å². The Morgan fingerprint density at radius 2 is 1.86 bits per heavy atom. The van der Waals surface area contributed by atoms with E-state index in [0.29, 0.717) is 0 Å². The van der Waals surface area contributed by atoms with Crippen LogP contribution < -0.4 is 5.32 Å². The molecule has 0 saturated heterocycles. The van der Waals surface area contributed by atoms with E-state index in [1.54, 1.807) is 0 Å². The molecule has 0 saturated carbocycles. The highest BCUT2D eigenvalue weighted by Crippen LogP contribution is 2.02. The molecule has 0 bridgehead atoms. The van der Waals surface area contributed by atoms with E-state index in [-0.39, 0.29) is 13.2 Å². The van der Waals surface area contributed by atoms with Gasteiger partial charge in [0, 0.05) is 7.05 Å². The summed E-state index contributed by atoms with van der Waals surface area (Å²) in [4.78, 5) is 35.8. The molecule has 1 N–H and O–H groups in total. The minimum Gasteiger partial charge on any atom is -0.467 e. The average molecular weight is 308 g/mol. The molecule has 1 atom stereocenters. The number of hydrogen-bond donors (Lipinski definition) is 1. The zero-order valence-electron chi connectivity index (χ0n) is 12.9. The van der Waals surface area contributed by atoms with Gasteiger partial charge in [-0.15, -0.1) is 0 Å². The van der Waals surface area contributed by atoms with Crippen molar-refractivity contribution in [2.75, 3.05) is 20.7 Å². The Hall–Kier alpha value is -2.57. The van der Waals surface area contributed by atoms with E-state index in [2.05, 4.69) is 10.1 Å². The zero-order valence-corrected chi connectivity index (χ0v) is 12.9. The highest BCUT2D eigenvalue weighted by molar-refractivity contribution is 5.86. The largest absolute Gasteiger partial charge is 0.467 e. The topological polar surface area (TPSA) is 84.9 Å². The van der Waals surface area contributed by atoms with Gasteiger partial charge in [-0.25, -0.2) is 9.59 Å². The molecular weight excluding hydrogens is 288 g/mol. The van der Waals surface area contributed by atoms with Crippen LogP contribution in [0.2, 0.25) is 0 Å². The van der Waals surface area contributed by atoms with Crippen LogP contribution in [0.1, 0.15) is 12.5 Å². The Balaban J connectivity index is 2.37. The van der Waals surface area contributed by atoms with E-state index in [1.165, 1.54) is 21.1 Å². The molecule has 2 amide bonds. The lowest BCUT2D eigenvalue weighted by Crippen LogP contribution is -2.45. The lowest BCUT2D eigenvalue weighted by Gasteiger charge is -2.18. The molecule has 22 heavy (non-hydrogen) atoms. The van der Waals surface area contributed by atoms with Crippen LogP contribution in [0.3, 0.4) is 0 Å². The van der Waals surface area contributed by atoms with Crippen molar-refractivity contribution in [2.24, 2.45) is 0 Å². The lowest BCUT2D eigenvalue weighted by molar-refractivity contribution is -0.144. The van der Waals surface area contributed by atoms with Crippen LogP contribution in [0.15, 0.2) is 30.3 Å². The van der Waals surface area contributed by atoms with Crippen molar-refractivity contribution in [1.29, 1.82) is 0 Å². The van der Waals surface area contributed by atoms with Crippen LogP contribution in [-0.2, 0) is 25.7 Å². The maximum absolute atomic E-state index is 11.8. The monoisotopic (exact) mass is 308 g/mol. The van der Waals surface area contributed by atoms with Crippen molar-refractivity contribution in [2.45, 2.75) is 19.6 Å². The summed E-state index contributed by atoms with van der Waals surface area (Å²) in [5, 5.41) is 2.43. The quantitative estimate of drug-likeness (QED) is 0.790. The standard InChI is InChI=1S/C15H20N2O5/c1-11(14(19)21-3)16-13(18)9-17(2)15(20)22-10-12-7-5-4-6-8-12/h4-8,11H,9-10H2,1-3H3,(H,16,18)/t11-/m0/s1. The number of carbonyl (C=O) groups excluding carboxylic acids is 3. The molecule has 7 heteroatoms. The Morgan fingerprint density at radius 3 is 2.45 bits per heavy atom. The van der Waals surface area contributed by atoms with Gasteiger partial charge in [-0.1, -0.05) is 30.3 Å². The normalized spacial score (nSPS) is 11.2. The van der Waals surface area contributed by atoms with E-state index in [9.17, 15) is 14.4 Å². The summed E-state index contributed by atoms with van der Waals surface area (Å²) in [6.45, 7) is 1.41. The molecular formula is C15H20N2O5. The Morgan fingerprint density at radius 1 is 1.23 bits per heavy atom. The maximum Gasteiger partial charge on any atom is 0.410 e. The van der Waals surface area contributed by atoms with Gasteiger partial charge in [0.15, 0.2) is 0 Å². The van der Waals surface area contributed by atoms with Crippen molar-refractivity contribution in [3.63, 3.8) is 0 Å². The van der Waals surface area contributed by atoms with Gasteiger partial charge in [-0.05, 0) is 12.5 Å². The fourth-order valence-corrected chi connectivity index (χ4v) is 1.63. The first kappa shape index (κ1) is 17.5. The van der Waals surface area contributed by atoms with E-state index >= 15 is 0 Å². The minimum absolute atomic E-state index is 0.129. The third-order valence-corrected chi connectivity index (χ3v) is 2.83. The Bertz CT molecular complexity index is 518. The van der Waals surface area contributed by atoms with E-state index in [1.807, 2.05) is 30.3 Å². The molecule has 1 aromatic carbocycles. The van der Waals surface area contributed by atoms with Crippen LogP contribution in [0.4, 0.5) is 4.79 Å². The average Bonchev–Trinajstić information content (AvgIpc) is 2.52. The molecule has 0 aromatic heterocycles. The molecule has 0 aliphatic heterocycles. The highest BCUT2D eigenvalue weighted by Gasteiger charge is 2.19. The van der Waals surface area contributed by atoms with Crippen LogP contribution in [0.5, 0.6) is 0 Å². The fourth-order valence-electron chi connectivity index (χ4n) is 1.63. The molecule has 0 radical (unpaired) electrons. The summed E-state index contributed by atoms with van der Waals surface area (Å²) in [6, 6.07) is 8.44. The van der Waals surface area contributed by atoms with Gasteiger partial charge in [0.05, 0.1) is 7.11 Å². The molecule has 0 spiro atoms. The van der Waals surface area contributed by atoms with Crippen molar-refractivity contribution >= 4 is 18.0 Å². The number of carbonyl (C=O) groups is 3. The molecule has 120 valence electrons. The minimum atomic E-state index is -0.772. The first-order valence-electron chi connectivity index (χ1n) is 6.73. The Kier molecular flexibility index (Phi) is 6.88. The summed E-state index contributed by atoms with van der Waals surface area (Å²) in [7, 11) is 2.67. The van der Waals surface area contributed by atoms with Crippen LogP contribution in [0, 0.1) is 0 Å². The van der Waals surface area contributed by atoms with Crippen LogP contribution in [0.25, 0.3) is 0 Å². The molecule has 7 nitrogen and oxygen atoms in total. The number of nitrogens with zero attached hydrogens (tertiary/aromatic N) is 1. The van der Waals surface area contributed by atoms with Crippen molar-refractivity contribution in [1.82, 2.24) is 10.2 Å². The third kappa shape index (κ3) is 5.82. The van der Waals surface area contributed by atoms with E-state index in [0.717, 1.165) is 10.5 Å². The smallest absolute Gasteiger partial charge is 0.410 e. The molecule has 0 unspecified atom stereocenters. The molecule has 1 aromatic rings. The predicted molar refractivity (Wildman–Crippen MR) is 78.9 cm³/mol. The summed E-state index contributed by atoms with van der Waals surface area (Å²) in [5.41, 5.74) is 0.855. The number of benzene rings is 1. The summed E-state index contributed by atoms with van der Waals surface area (Å²) in [5.74, 6) is -1.03. The first-order valence-corrected chi connectivity index (χ1v) is 6.73. The highest BCUT2D eigenvalue weighted by atomic mass is 16.6. The number of nitrogens with one attached hydrogen (secondary N) is 1. The van der Waals surface area contributed by atoms with Crippen molar-refractivity contribution < 1.29 is 23.9 Å². The fraction of sp³-hybridized carbons (Fsp3) is 0.400. The predicted octanol–water partition coefficient (Wildman–Crippen LogP) is 0.933. The number of esters is 1. The zero-order chi connectivity index (χ0) is 16.5. The van der Waals surface area contributed by atoms with Gasteiger partial charge in [0.1, 0.15) is 19.2 Å². The number of hydrogen-bond acceptors (Lipinski definition) is 5. The van der Waals surface area contributed by atoms with Gasteiger partial charge < -0.3 is 19.7 Å². The first-order chi connectivity index (χ1) is 10.4. The molecule has 1 rings (SSSR count). The molecule has 0 fully saturated rings. The number of amides is 2. The van der Waals surface area contributed by atoms with Gasteiger partial charge in [-0.3, -0.25) is 4.79 Å². The summed E-state index contributed by atoms with van der Waals surface area (Å²) < 4.78 is 9.57. The molecule has 0 aliphatic rings. The van der Waals surface area contributed by atoms with Gasteiger partial charge in [-0.2, -0.15) is 0 Å². The van der Waals surface area contributed by atoms with Crippen LogP contribution in [-0.4, -0.2) is 49.6 Å². The van der Waals surface area contributed by atoms with E-state index < -0.39 is 24.0 Å². The Labute approximate surface area is 129 Å². The SMILES string of the molecule is COC(=O)[C@H](C)NC(=O)CN(C)C(=O)OCc1ccccc1. The number of rotatable bonds is 6. The number of likely N-dealkylation sites (N-methyl/N-ethyl adjacent to an activating group) is 1. The van der Waals surface area contributed by atoms with Gasteiger partial charge in [0.2, 0.25) is 5.91 Å². The second kappa shape index (κ2) is 8.66. The number of methoxy groups -OCH3 is 1. The molecule has 0 heterocycles. The van der Waals surface area contributed by atoms with Crippen molar-refractivity contribution in [3.8, 4) is 0 Å². The van der Waals surface area contributed by atoms with Gasteiger partial charge >= 0.3 is 12.1 Å². The lowest BCUT2D eigenvalue weighted by atomic mass is 10.2. The number of ether oxygens (including phenoxy) is 2.